The van der Waals surface area contributed by atoms with Gasteiger partial charge < -0.3 is 15.7 Å². The van der Waals surface area contributed by atoms with Gasteiger partial charge in [-0.1, -0.05) is 34.8 Å². The summed E-state index contributed by atoms with van der Waals surface area (Å²) in [6, 6.07) is 2.45. The lowest BCUT2D eigenvalue weighted by atomic mass is 10.2. The van der Waals surface area contributed by atoms with Crippen molar-refractivity contribution in [3.63, 3.8) is 0 Å². The Kier molecular flexibility index (Phi) is 6.91. The highest BCUT2D eigenvalue weighted by Gasteiger charge is 2.09. The fourth-order valence-electron chi connectivity index (χ4n) is 1.39. The zero-order chi connectivity index (χ0) is 15.1. The van der Waals surface area contributed by atoms with Crippen molar-refractivity contribution in [3.05, 3.63) is 27.2 Å². The van der Waals surface area contributed by atoms with Crippen LogP contribution in [-0.2, 0) is 4.79 Å². The van der Waals surface area contributed by atoms with E-state index in [1.807, 2.05) is 0 Å². The molecular weight excluding hydrogens is 327 g/mol. The lowest BCUT2D eigenvalue weighted by Crippen LogP contribution is -2.29. The molecule has 1 aromatic carbocycles. The van der Waals surface area contributed by atoms with Gasteiger partial charge in [-0.15, -0.1) is 0 Å². The predicted molar refractivity (Wildman–Crippen MR) is 80.0 cm³/mol. The summed E-state index contributed by atoms with van der Waals surface area (Å²) in [5.41, 5.74) is 0.351. The molecule has 8 heteroatoms. The van der Waals surface area contributed by atoms with Gasteiger partial charge in [0.1, 0.15) is 0 Å². The number of nitrogens with one attached hydrogen (secondary N) is 2. The van der Waals surface area contributed by atoms with Crippen molar-refractivity contribution in [1.82, 2.24) is 5.32 Å². The number of urea groups is 1. The predicted octanol–water partition coefficient (Wildman–Crippen LogP) is 4.02. The summed E-state index contributed by atoms with van der Waals surface area (Å²) in [6.45, 7) is 0.373. The van der Waals surface area contributed by atoms with Crippen LogP contribution < -0.4 is 10.6 Å². The molecule has 0 heterocycles. The van der Waals surface area contributed by atoms with Gasteiger partial charge in [-0.3, -0.25) is 4.79 Å². The molecule has 0 aliphatic rings. The second kappa shape index (κ2) is 8.19. The Hall–Kier alpha value is -1.17. The van der Waals surface area contributed by atoms with E-state index in [1.165, 1.54) is 12.1 Å². The molecule has 0 saturated heterocycles. The highest BCUT2D eigenvalue weighted by Crippen LogP contribution is 2.32. The minimum Gasteiger partial charge on any atom is -0.481 e. The number of carboxylic acid groups (broad SMARTS) is 1. The fraction of sp³-hybridized carbons (Fsp3) is 0.333. The number of carboxylic acids is 1. The molecule has 0 fully saturated rings. The highest BCUT2D eigenvalue weighted by molar-refractivity contribution is 6.44. The number of hydrogen-bond acceptors (Lipinski definition) is 2. The molecule has 0 unspecified atom stereocenters. The fourth-order valence-corrected chi connectivity index (χ4v) is 1.98. The molecule has 1 aromatic rings. The summed E-state index contributed by atoms with van der Waals surface area (Å²) in [4.78, 5) is 21.9. The Morgan fingerprint density at radius 3 is 2.35 bits per heavy atom. The quantitative estimate of drug-likeness (QED) is 0.541. The largest absolute Gasteiger partial charge is 0.481 e. The Morgan fingerprint density at radius 1 is 1.05 bits per heavy atom. The number of unbranched alkanes of at least 4 members (excludes halogenated alkanes) is 1. The van der Waals surface area contributed by atoms with E-state index in [-0.39, 0.29) is 16.5 Å². The van der Waals surface area contributed by atoms with Crippen LogP contribution in [0, 0.1) is 0 Å². The van der Waals surface area contributed by atoms with E-state index in [0.717, 1.165) is 0 Å². The smallest absolute Gasteiger partial charge is 0.319 e. The summed E-state index contributed by atoms with van der Waals surface area (Å²) >= 11 is 17.5. The Labute approximate surface area is 131 Å². The van der Waals surface area contributed by atoms with Crippen molar-refractivity contribution in [2.75, 3.05) is 11.9 Å². The van der Waals surface area contributed by atoms with Crippen molar-refractivity contribution >= 4 is 52.5 Å². The number of amides is 2. The normalized spacial score (nSPS) is 10.2. The molecule has 0 bridgehead atoms. The second-order valence-corrected chi connectivity index (χ2v) is 5.20. The van der Waals surface area contributed by atoms with Crippen LogP contribution >= 0.6 is 34.8 Å². The summed E-state index contributed by atoms with van der Waals surface area (Å²) in [5.74, 6) is -0.850. The maximum absolute atomic E-state index is 11.6. The number of benzene rings is 1. The number of aliphatic carboxylic acids is 1. The first-order valence-corrected chi connectivity index (χ1v) is 6.94. The minimum absolute atomic E-state index is 0.0852. The van der Waals surface area contributed by atoms with Crippen LogP contribution in [0.2, 0.25) is 15.1 Å². The SMILES string of the molecule is O=C(O)CCCCNC(=O)Nc1cc(Cl)c(Cl)cc1Cl. The first kappa shape index (κ1) is 16.9. The van der Waals surface area contributed by atoms with Crippen molar-refractivity contribution in [1.29, 1.82) is 0 Å². The van der Waals surface area contributed by atoms with Crippen LogP contribution in [0.3, 0.4) is 0 Å². The molecule has 3 N–H and O–H groups in total. The second-order valence-electron chi connectivity index (χ2n) is 3.98. The average molecular weight is 340 g/mol. The lowest BCUT2D eigenvalue weighted by Gasteiger charge is -2.10. The summed E-state index contributed by atoms with van der Waals surface area (Å²) in [7, 11) is 0. The molecular formula is C12H13Cl3N2O3. The number of halogens is 3. The van der Waals surface area contributed by atoms with Crippen molar-refractivity contribution in [2.24, 2.45) is 0 Å². The van der Waals surface area contributed by atoms with Gasteiger partial charge in [0.05, 0.1) is 20.8 Å². The van der Waals surface area contributed by atoms with E-state index in [1.54, 1.807) is 0 Å². The molecule has 0 spiro atoms. The van der Waals surface area contributed by atoms with Crippen LogP contribution in [0.4, 0.5) is 10.5 Å². The topological polar surface area (TPSA) is 78.4 Å². The average Bonchev–Trinajstić information content (AvgIpc) is 2.35. The maximum Gasteiger partial charge on any atom is 0.319 e. The minimum atomic E-state index is -0.850. The van der Waals surface area contributed by atoms with E-state index in [0.29, 0.717) is 30.1 Å². The molecule has 5 nitrogen and oxygen atoms in total. The van der Waals surface area contributed by atoms with Gasteiger partial charge in [-0.2, -0.15) is 0 Å². The molecule has 110 valence electrons. The summed E-state index contributed by atoms with van der Waals surface area (Å²) in [5, 5.41) is 14.4. The first-order chi connectivity index (χ1) is 9.40. The van der Waals surface area contributed by atoms with Gasteiger partial charge in [0.2, 0.25) is 0 Å². The van der Waals surface area contributed by atoms with E-state index >= 15 is 0 Å². The van der Waals surface area contributed by atoms with Gasteiger partial charge in [-0.05, 0) is 25.0 Å². The van der Waals surface area contributed by atoms with Crippen molar-refractivity contribution in [2.45, 2.75) is 19.3 Å². The van der Waals surface area contributed by atoms with Crippen LogP contribution in [0.25, 0.3) is 0 Å². The molecule has 0 atom stereocenters. The van der Waals surface area contributed by atoms with Crippen LogP contribution in [0.5, 0.6) is 0 Å². The van der Waals surface area contributed by atoms with Gasteiger partial charge in [0, 0.05) is 13.0 Å². The first-order valence-electron chi connectivity index (χ1n) is 5.81. The molecule has 1 rings (SSSR count). The molecule has 2 amide bonds. The van der Waals surface area contributed by atoms with Gasteiger partial charge >= 0.3 is 12.0 Å². The Bertz CT molecular complexity index is 509. The van der Waals surface area contributed by atoms with Gasteiger partial charge in [0.15, 0.2) is 0 Å². The Morgan fingerprint density at radius 2 is 1.70 bits per heavy atom. The zero-order valence-corrected chi connectivity index (χ0v) is 12.6. The van der Waals surface area contributed by atoms with Gasteiger partial charge in [0.25, 0.3) is 0 Å². The Balaban J connectivity index is 2.39. The number of hydrogen-bond donors (Lipinski definition) is 3. The van der Waals surface area contributed by atoms with E-state index < -0.39 is 12.0 Å². The lowest BCUT2D eigenvalue weighted by molar-refractivity contribution is -0.137. The van der Waals surface area contributed by atoms with Crippen molar-refractivity contribution in [3.8, 4) is 0 Å². The van der Waals surface area contributed by atoms with Crippen molar-refractivity contribution < 1.29 is 14.7 Å². The molecule has 0 aromatic heterocycles. The van der Waals surface area contributed by atoms with Gasteiger partial charge in [-0.25, -0.2) is 4.79 Å². The summed E-state index contributed by atoms with van der Waals surface area (Å²) < 4.78 is 0. The monoisotopic (exact) mass is 338 g/mol. The number of carbonyl (C=O) groups excluding carboxylic acids is 1. The molecule has 0 aliphatic carbocycles. The van der Waals surface area contributed by atoms with Crippen LogP contribution in [0.1, 0.15) is 19.3 Å². The van der Waals surface area contributed by atoms with E-state index in [9.17, 15) is 9.59 Å². The van der Waals surface area contributed by atoms with E-state index in [2.05, 4.69) is 10.6 Å². The third-order valence-electron chi connectivity index (χ3n) is 2.36. The molecule has 0 aliphatic heterocycles. The molecule has 20 heavy (non-hydrogen) atoms. The standard InChI is InChI=1S/C12H13Cl3N2O3/c13-7-5-9(15)10(6-8(7)14)17-12(20)16-4-2-1-3-11(18)19/h5-6H,1-4H2,(H,18,19)(H2,16,17,20). The molecule has 0 saturated carbocycles. The molecule has 0 radical (unpaired) electrons. The number of rotatable bonds is 6. The maximum atomic E-state index is 11.6. The third-order valence-corrected chi connectivity index (χ3v) is 3.40. The van der Waals surface area contributed by atoms with Crippen LogP contribution in [0.15, 0.2) is 12.1 Å². The summed E-state index contributed by atoms with van der Waals surface area (Å²) in [6.07, 6.45) is 1.17. The van der Waals surface area contributed by atoms with E-state index in [4.69, 9.17) is 39.9 Å². The zero-order valence-electron chi connectivity index (χ0n) is 10.4. The number of carbonyl (C=O) groups is 2. The third kappa shape index (κ3) is 5.86. The highest BCUT2D eigenvalue weighted by atomic mass is 35.5. The van der Waals surface area contributed by atoms with Crippen LogP contribution in [-0.4, -0.2) is 23.7 Å². The number of anilines is 1.